The number of amides is 3. The maximum atomic E-state index is 14.7. The molecular formula is C28H27F2N4O3+. The van der Waals surface area contributed by atoms with Crippen LogP contribution in [0.15, 0.2) is 54.9 Å². The van der Waals surface area contributed by atoms with E-state index in [1.54, 1.807) is 26.0 Å². The van der Waals surface area contributed by atoms with Crippen molar-refractivity contribution >= 4 is 23.3 Å². The first kappa shape index (κ1) is 25.8. The first-order chi connectivity index (χ1) is 17.6. The number of hydrogen-bond acceptors (Lipinski definition) is 3. The average Bonchev–Trinajstić information content (AvgIpc) is 3.03. The minimum absolute atomic E-state index is 0.0612. The summed E-state index contributed by atoms with van der Waals surface area (Å²) >= 11 is 0. The highest BCUT2D eigenvalue weighted by atomic mass is 19.1. The molecule has 3 amide bonds. The first-order valence-electron chi connectivity index (χ1n) is 11.8. The smallest absolute Gasteiger partial charge is 0.332 e. The number of carbonyl (C=O) groups is 2. The van der Waals surface area contributed by atoms with Crippen LogP contribution >= 0.6 is 0 Å². The van der Waals surface area contributed by atoms with E-state index in [4.69, 9.17) is 11.3 Å². The minimum atomic E-state index is -1.15. The molecule has 3 aromatic rings. The van der Waals surface area contributed by atoms with E-state index in [2.05, 4.69) is 4.85 Å². The lowest BCUT2D eigenvalue weighted by Crippen LogP contribution is -2.44. The van der Waals surface area contributed by atoms with E-state index in [-0.39, 0.29) is 30.1 Å². The van der Waals surface area contributed by atoms with Gasteiger partial charge in [0.05, 0.1) is 18.9 Å². The number of ether oxygens (including phenoxy) is 1. The number of nitrogens with zero attached hydrogens (tertiary/aromatic N) is 4. The molecule has 1 fully saturated rings. The van der Waals surface area contributed by atoms with Crippen LogP contribution in [-0.2, 0) is 11.8 Å². The van der Waals surface area contributed by atoms with Crippen LogP contribution < -0.4 is 14.2 Å². The van der Waals surface area contributed by atoms with Crippen molar-refractivity contribution in [3.63, 3.8) is 0 Å². The van der Waals surface area contributed by atoms with E-state index in [1.165, 1.54) is 30.0 Å². The summed E-state index contributed by atoms with van der Waals surface area (Å²) in [4.78, 5) is 31.8. The lowest BCUT2D eigenvalue weighted by Gasteiger charge is -2.27. The molecule has 4 rings (SSSR count). The number of anilines is 1. The summed E-state index contributed by atoms with van der Waals surface area (Å²) in [6.45, 7) is 12.2. The van der Waals surface area contributed by atoms with Crippen LogP contribution in [0.2, 0.25) is 0 Å². The number of pyridine rings is 1. The number of imide groups is 1. The molecule has 1 saturated heterocycles. The molecule has 0 aliphatic carbocycles. The van der Waals surface area contributed by atoms with E-state index >= 15 is 0 Å². The predicted molar refractivity (Wildman–Crippen MR) is 134 cm³/mol. The van der Waals surface area contributed by atoms with Gasteiger partial charge in [0.25, 0.3) is 5.91 Å². The summed E-state index contributed by atoms with van der Waals surface area (Å²) in [7, 11) is 1.89. The van der Waals surface area contributed by atoms with Gasteiger partial charge in [-0.15, -0.1) is 0 Å². The van der Waals surface area contributed by atoms with Crippen molar-refractivity contribution in [2.75, 3.05) is 18.1 Å². The molecule has 0 atom stereocenters. The van der Waals surface area contributed by atoms with Crippen molar-refractivity contribution in [2.45, 2.75) is 32.7 Å². The highest BCUT2D eigenvalue weighted by Crippen LogP contribution is 2.36. The molecule has 2 aromatic carbocycles. The molecule has 9 heteroatoms. The first-order valence-corrected chi connectivity index (χ1v) is 11.8. The Balaban J connectivity index is 1.41. The molecule has 37 heavy (non-hydrogen) atoms. The molecular weight excluding hydrogens is 478 g/mol. The number of urea groups is 1. The molecule has 7 nitrogen and oxygen atoms in total. The second-order valence-corrected chi connectivity index (χ2v) is 9.38. The van der Waals surface area contributed by atoms with Gasteiger partial charge < -0.3 is 9.64 Å². The largest absolute Gasteiger partial charge is 0.493 e. The normalized spacial score (nSPS) is 14.7. The average molecular weight is 506 g/mol. The van der Waals surface area contributed by atoms with Gasteiger partial charge in [-0.25, -0.2) is 27.9 Å². The monoisotopic (exact) mass is 505 g/mol. The molecule has 190 valence electrons. The van der Waals surface area contributed by atoms with Gasteiger partial charge in [-0.3, -0.25) is 4.79 Å². The number of rotatable bonds is 7. The van der Waals surface area contributed by atoms with Gasteiger partial charge in [0.1, 0.15) is 30.0 Å². The van der Waals surface area contributed by atoms with Crippen LogP contribution in [0.3, 0.4) is 0 Å². The van der Waals surface area contributed by atoms with E-state index in [0.29, 0.717) is 17.7 Å². The quantitative estimate of drug-likeness (QED) is 0.189. The van der Waals surface area contributed by atoms with Gasteiger partial charge in [0, 0.05) is 30.3 Å². The fourth-order valence-corrected chi connectivity index (χ4v) is 4.33. The maximum Gasteiger partial charge on any atom is 0.332 e. The third-order valence-electron chi connectivity index (χ3n) is 6.55. The van der Waals surface area contributed by atoms with Crippen molar-refractivity contribution in [1.29, 1.82) is 0 Å². The van der Waals surface area contributed by atoms with Gasteiger partial charge in [-0.1, -0.05) is 6.07 Å². The minimum Gasteiger partial charge on any atom is -0.493 e. The number of hydrogen-bond donors (Lipinski definition) is 0. The highest BCUT2D eigenvalue weighted by Gasteiger charge is 2.52. The zero-order chi connectivity index (χ0) is 26.9. The Labute approximate surface area is 214 Å². The fourth-order valence-electron chi connectivity index (χ4n) is 4.33. The highest BCUT2D eigenvalue weighted by molar-refractivity contribution is 6.23. The van der Waals surface area contributed by atoms with Crippen LogP contribution in [0.4, 0.5) is 25.0 Å². The Morgan fingerprint density at radius 1 is 1.08 bits per heavy atom. The molecule has 0 radical (unpaired) electrons. The molecule has 0 saturated carbocycles. The van der Waals surface area contributed by atoms with Gasteiger partial charge in [-0.2, -0.15) is 0 Å². The molecule has 0 unspecified atom stereocenters. The van der Waals surface area contributed by atoms with Crippen molar-refractivity contribution in [1.82, 2.24) is 4.90 Å². The lowest BCUT2D eigenvalue weighted by atomic mass is 10.0. The Bertz CT molecular complexity index is 1410. The second-order valence-electron chi connectivity index (χ2n) is 9.38. The standard InChI is InChI=1S/C28H27F2N4O3/c1-18-24(10-9-23(31-4)25(18)30)34-26(35)28(2,3)33(27(34)36)13-6-16-37-20-7-8-21(22(29)17-20)19-11-14-32(5)15-12-19/h7-12,14-15,17H,6,13,16H2,1-3,5H3/q+1. The summed E-state index contributed by atoms with van der Waals surface area (Å²) in [6.07, 6.45) is 4.07. The van der Waals surface area contributed by atoms with Gasteiger partial charge in [0.15, 0.2) is 12.4 Å². The molecule has 1 aromatic heterocycles. The van der Waals surface area contributed by atoms with Gasteiger partial charge in [0.2, 0.25) is 5.69 Å². The van der Waals surface area contributed by atoms with Crippen LogP contribution in [0.25, 0.3) is 16.0 Å². The number of carbonyl (C=O) groups excluding carboxylic acids is 2. The van der Waals surface area contributed by atoms with E-state index < -0.39 is 29.1 Å². The zero-order valence-electron chi connectivity index (χ0n) is 21.1. The number of benzene rings is 2. The SMILES string of the molecule is [C-]#[N+]c1ccc(N2C(=O)N(CCCOc3ccc(-c4cc[n+](C)cc4)c(F)c3)C(C)(C)C2=O)c(C)c1F. The Morgan fingerprint density at radius 3 is 2.43 bits per heavy atom. The second kappa shape index (κ2) is 9.97. The third kappa shape index (κ3) is 4.75. The predicted octanol–water partition coefficient (Wildman–Crippen LogP) is 5.33. The Kier molecular flexibility index (Phi) is 6.94. The lowest BCUT2D eigenvalue weighted by molar-refractivity contribution is -0.671. The Morgan fingerprint density at radius 2 is 1.78 bits per heavy atom. The van der Waals surface area contributed by atoms with E-state index in [0.717, 1.165) is 10.5 Å². The number of aromatic nitrogens is 1. The van der Waals surface area contributed by atoms with Crippen LogP contribution in [0, 0.1) is 25.1 Å². The zero-order valence-corrected chi connectivity index (χ0v) is 21.1. The third-order valence-corrected chi connectivity index (χ3v) is 6.55. The number of aryl methyl sites for hydroxylation is 1. The number of halogens is 2. The topological polar surface area (TPSA) is 58.1 Å². The van der Waals surface area contributed by atoms with E-state index in [1.807, 2.05) is 36.1 Å². The van der Waals surface area contributed by atoms with Crippen molar-refractivity contribution in [3.05, 3.63) is 83.5 Å². The summed E-state index contributed by atoms with van der Waals surface area (Å²) in [5.74, 6) is -1.28. The molecule has 0 bridgehead atoms. The maximum absolute atomic E-state index is 14.7. The van der Waals surface area contributed by atoms with Gasteiger partial charge >= 0.3 is 6.03 Å². The van der Waals surface area contributed by atoms with Crippen LogP contribution in [-0.4, -0.2) is 35.5 Å². The summed E-state index contributed by atoms with van der Waals surface area (Å²) in [6, 6.07) is 10.4. The fraction of sp³-hybridized carbons (Fsp3) is 0.286. The van der Waals surface area contributed by atoms with E-state index in [9.17, 15) is 18.4 Å². The van der Waals surface area contributed by atoms with Crippen LogP contribution in [0.1, 0.15) is 25.8 Å². The molecule has 2 heterocycles. The van der Waals surface area contributed by atoms with Crippen molar-refractivity contribution in [3.8, 4) is 16.9 Å². The molecule has 1 aliphatic rings. The summed E-state index contributed by atoms with van der Waals surface area (Å²) < 4.78 is 36.8. The van der Waals surface area contributed by atoms with Crippen molar-refractivity contribution in [2.24, 2.45) is 7.05 Å². The molecule has 1 aliphatic heterocycles. The molecule has 0 N–H and O–H groups in total. The van der Waals surface area contributed by atoms with Crippen LogP contribution in [0.5, 0.6) is 5.75 Å². The summed E-state index contributed by atoms with van der Waals surface area (Å²) in [5, 5.41) is 0. The Hall–Kier alpha value is -4.32. The summed E-state index contributed by atoms with van der Waals surface area (Å²) in [5.41, 5.74) is 0.0759. The van der Waals surface area contributed by atoms with Gasteiger partial charge in [-0.05, 0) is 56.5 Å². The van der Waals surface area contributed by atoms with Crippen molar-refractivity contribution < 1.29 is 27.7 Å². The molecule has 0 spiro atoms.